The number of nitrogens with zero attached hydrogens (tertiary/aromatic N) is 2. The predicted octanol–water partition coefficient (Wildman–Crippen LogP) is 2.71. The third-order valence-corrected chi connectivity index (χ3v) is 5.67. The van der Waals surface area contributed by atoms with E-state index in [9.17, 15) is 14.7 Å². The van der Waals surface area contributed by atoms with Gasteiger partial charge in [0.25, 0.3) is 5.91 Å². The summed E-state index contributed by atoms with van der Waals surface area (Å²) < 4.78 is 0. The monoisotopic (exact) mass is 352 g/mol. The number of anilines is 1. The summed E-state index contributed by atoms with van der Waals surface area (Å²) in [4.78, 5) is 29.5. The van der Waals surface area contributed by atoms with Gasteiger partial charge in [-0.25, -0.2) is 4.90 Å². The van der Waals surface area contributed by atoms with Crippen LogP contribution in [-0.2, 0) is 9.59 Å². The quantitative estimate of drug-likeness (QED) is 0.860. The SMILES string of the molecule is O=C1C[C@@H](N2CCCC[C@H]2CCO)C(=O)N1c1cccc2ccccc12. The van der Waals surface area contributed by atoms with Crippen LogP contribution in [0.3, 0.4) is 0 Å². The predicted molar refractivity (Wildman–Crippen MR) is 101 cm³/mol. The lowest BCUT2D eigenvalue weighted by Gasteiger charge is -2.38. The molecule has 4 rings (SSSR count). The summed E-state index contributed by atoms with van der Waals surface area (Å²) in [6, 6.07) is 13.3. The molecule has 2 fully saturated rings. The molecule has 5 nitrogen and oxygen atoms in total. The molecule has 2 saturated heterocycles. The maximum absolute atomic E-state index is 13.2. The summed E-state index contributed by atoms with van der Waals surface area (Å²) >= 11 is 0. The fraction of sp³-hybridized carbons (Fsp3) is 0.429. The molecule has 2 amide bonds. The van der Waals surface area contributed by atoms with Gasteiger partial charge in [-0.1, -0.05) is 42.8 Å². The molecular weight excluding hydrogens is 328 g/mol. The average Bonchev–Trinajstić information content (AvgIpc) is 2.96. The molecule has 0 bridgehead atoms. The van der Waals surface area contributed by atoms with Crippen LogP contribution in [0.2, 0.25) is 0 Å². The minimum Gasteiger partial charge on any atom is -0.396 e. The second-order valence-electron chi connectivity index (χ2n) is 7.19. The van der Waals surface area contributed by atoms with Crippen LogP contribution in [0.4, 0.5) is 5.69 Å². The number of carbonyl (C=O) groups excluding carboxylic acids is 2. The summed E-state index contributed by atoms with van der Waals surface area (Å²) in [5.74, 6) is -0.263. The minimum atomic E-state index is -0.404. The van der Waals surface area contributed by atoms with Crippen LogP contribution in [0.1, 0.15) is 32.1 Å². The maximum atomic E-state index is 13.2. The van der Waals surface area contributed by atoms with Crippen LogP contribution in [-0.4, -0.2) is 47.1 Å². The van der Waals surface area contributed by atoms with Gasteiger partial charge in [-0.3, -0.25) is 14.5 Å². The second kappa shape index (κ2) is 7.17. The van der Waals surface area contributed by atoms with Crippen LogP contribution in [0, 0.1) is 0 Å². The number of aliphatic hydroxyl groups excluding tert-OH is 1. The molecule has 5 heteroatoms. The lowest BCUT2D eigenvalue weighted by atomic mass is 9.97. The normalized spacial score (nSPS) is 24.6. The Morgan fingerprint density at radius 2 is 1.85 bits per heavy atom. The zero-order valence-electron chi connectivity index (χ0n) is 14.8. The van der Waals surface area contributed by atoms with Crippen molar-refractivity contribution in [2.45, 2.75) is 44.2 Å². The Morgan fingerprint density at radius 1 is 1.04 bits per heavy atom. The summed E-state index contributed by atoms with van der Waals surface area (Å²) in [7, 11) is 0. The number of benzene rings is 2. The Bertz CT molecular complexity index is 828. The van der Waals surface area contributed by atoms with E-state index in [2.05, 4.69) is 4.90 Å². The average molecular weight is 352 g/mol. The maximum Gasteiger partial charge on any atom is 0.251 e. The summed E-state index contributed by atoms with van der Waals surface area (Å²) in [5.41, 5.74) is 0.677. The van der Waals surface area contributed by atoms with Crippen molar-refractivity contribution in [3.8, 4) is 0 Å². The van der Waals surface area contributed by atoms with Crippen molar-refractivity contribution in [1.29, 1.82) is 0 Å². The number of rotatable bonds is 4. The summed E-state index contributed by atoms with van der Waals surface area (Å²) in [6.45, 7) is 0.931. The van der Waals surface area contributed by atoms with Crippen molar-refractivity contribution >= 4 is 28.3 Å². The molecule has 0 spiro atoms. The molecule has 0 radical (unpaired) electrons. The van der Waals surface area contributed by atoms with Crippen LogP contribution in [0.25, 0.3) is 10.8 Å². The lowest BCUT2D eigenvalue weighted by molar-refractivity contribution is -0.123. The van der Waals surface area contributed by atoms with E-state index in [-0.39, 0.29) is 30.9 Å². The molecule has 2 atom stereocenters. The van der Waals surface area contributed by atoms with Crippen molar-refractivity contribution in [2.75, 3.05) is 18.1 Å². The molecular formula is C21H24N2O3. The van der Waals surface area contributed by atoms with Crippen LogP contribution < -0.4 is 4.90 Å². The third-order valence-electron chi connectivity index (χ3n) is 5.67. The first-order chi connectivity index (χ1) is 12.7. The van der Waals surface area contributed by atoms with Crippen molar-refractivity contribution in [3.05, 3.63) is 42.5 Å². The highest BCUT2D eigenvalue weighted by atomic mass is 16.3. The third kappa shape index (κ3) is 2.91. The van der Waals surface area contributed by atoms with Crippen LogP contribution in [0.15, 0.2) is 42.5 Å². The number of amides is 2. The van der Waals surface area contributed by atoms with Gasteiger partial charge in [0.1, 0.15) is 0 Å². The largest absolute Gasteiger partial charge is 0.396 e. The topological polar surface area (TPSA) is 60.9 Å². The van der Waals surface area contributed by atoms with Gasteiger partial charge in [0.2, 0.25) is 5.91 Å². The number of piperidine rings is 1. The number of hydrogen-bond acceptors (Lipinski definition) is 4. The number of carbonyl (C=O) groups is 2. The number of aliphatic hydroxyl groups is 1. The van der Waals surface area contributed by atoms with Gasteiger partial charge in [0, 0.05) is 18.0 Å². The van der Waals surface area contributed by atoms with E-state index in [0.29, 0.717) is 12.1 Å². The zero-order valence-corrected chi connectivity index (χ0v) is 14.8. The smallest absolute Gasteiger partial charge is 0.251 e. The molecule has 0 aliphatic carbocycles. The summed E-state index contributed by atoms with van der Waals surface area (Å²) in [5, 5.41) is 11.3. The van der Waals surface area contributed by atoms with Gasteiger partial charge in [-0.15, -0.1) is 0 Å². The first-order valence-corrected chi connectivity index (χ1v) is 9.42. The van der Waals surface area contributed by atoms with Crippen molar-refractivity contribution in [1.82, 2.24) is 4.90 Å². The van der Waals surface area contributed by atoms with E-state index in [4.69, 9.17) is 0 Å². The highest BCUT2D eigenvalue weighted by Gasteiger charge is 2.45. The van der Waals surface area contributed by atoms with Crippen LogP contribution >= 0.6 is 0 Å². The second-order valence-corrected chi connectivity index (χ2v) is 7.19. The van der Waals surface area contributed by atoms with Crippen LogP contribution in [0.5, 0.6) is 0 Å². The van der Waals surface area contributed by atoms with Gasteiger partial charge < -0.3 is 5.11 Å². The standard InChI is InChI=1S/C21H24N2O3/c24-13-11-16-8-3-4-12-22(16)19-14-20(25)23(21(19)26)18-10-5-7-15-6-1-2-9-17(15)18/h1-2,5-7,9-10,16,19,24H,3-4,8,11-14H2/t16-,19+/m0/s1. The van der Waals surface area contributed by atoms with Gasteiger partial charge in [0.05, 0.1) is 18.2 Å². The molecule has 0 saturated carbocycles. The highest BCUT2D eigenvalue weighted by molar-refractivity contribution is 6.25. The molecule has 2 heterocycles. The first kappa shape index (κ1) is 17.2. The van der Waals surface area contributed by atoms with Crippen molar-refractivity contribution < 1.29 is 14.7 Å². The van der Waals surface area contributed by atoms with E-state index in [1.54, 1.807) is 0 Å². The van der Waals surface area contributed by atoms with Crippen molar-refractivity contribution in [3.63, 3.8) is 0 Å². The number of likely N-dealkylation sites (tertiary alicyclic amines) is 1. The molecule has 136 valence electrons. The molecule has 2 aliphatic rings. The molecule has 2 aromatic carbocycles. The Kier molecular flexibility index (Phi) is 4.74. The Labute approximate surface area is 153 Å². The fourth-order valence-electron chi connectivity index (χ4n) is 4.42. The van der Waals surface area contributed by atoms with Gasteiger partial charge in [-0.2, -0.15) is 0 Å². The molecule has 2 aliphatic heterocycles. The molecule has 26 heavy (non-hydrogen) atoms. The molecule has 1 N–H and O–H groups in total. The highest BCUT2D eigenvalue weighted by Crippen LogP contribution is 2.34. The zero-order chi connectivity index (χ0) is 18.1. The van der Waals surface area contributed by atoms with E-state index >= 15 is 0 Å². The number of hydrogen-bond donors (Lipinski definition) is 1. The molecule has 0 aromatic heterocycles. The van der Waals surface area contributed by atoms with E-state index in [0.717, 1.165) is 36.6 Å². The Hall–Kier alpha value is -2.24. The van der Waals surface area contributed by atoms with E-state index < -0.39 is 6.04 Å². The van der Waals surface area contributed by atoms with E-state index in [1.165, 1.54) is 4.90 Å². The van der Waals surface area contributed by atoms with Gasteiger partial charge in [-0.05, 0) is 37.3 Å². The van der Waals surface area contributed by atoms with Gasteiger partial charge in [0.15, 0.2) is 0 Å². The molecule has 0 unspecified atom stereocenters. The minimum absolute atomic E-state index is 0.114. The summed E-state index contributed by atoms with van der Waals surface area (Å²) in [6.07, 6.45) is 4.01. The number of fused-ring (bicyclic) bond motifs is 1. The number of imide groups is 1. The first-order valence-electron chi connectivity index (χ1n) is 9.42. The van der Waals surface area contributed by atoms with Crippen molar-refractivity contribution in [2.24, 2.45) is 0 Å². The Morgan fingerprint density at radius 3 is 2.69 bits per heavy atom. The fourth-order valence-corrected chi connectivity index (χ4v) is 4.42. The van der Waals surface area contributed by atoms with Gasteiger partial charge >= 0.3 is 0 Å². The van der Waals surface area contributed by atoms with E-state index in [1.807, 2.05) is 42.5 Å². The lowest BCUT2D eigenvalue weighted by Crippen LogP contribution is -2.50. The molecule has 2 aromatic rings. The Balaban J connectivity index is 1.67.